The van der Waals surface area contributed by atoms with Crippen LogP contribution in [0.4, 0.5) is 36.3 Å². The van der Waals surface area contributed by atoms with Gasteiger partial charge in [-0.1, -0.05) is 19.9 Å². The molecule has 0 unspecified atom stereocenters. The number of amides is 1. The highest BCUT2D eigenvalue weighted by Gasteiger charge is 2.32. The Morgan fingerprint density at radius 2 is 1.97 bits per heavy atom. The van der Waals surface area contributed by atoms with Crippen molar-refractivity contribution in [1.29, 1.82) is 0 Å². The molecular weight excluding hydrogens is 461 g/mol. The highest BCUT2D eigenvalue weighted by molar-refractivity contribution is 7.88. The van der Waals surface area contributed by atoms with E-state index in [1.807, 2.05) is 0 Å². The summed E-state index contributed by atoms with van der Waals surface area (Å²) in [5, 5.41) is 5.52. The Bertz CT molecular complexity index is 1160. The van der Waals surface area contributed by atoms with Gasteiger partial charge < -0.3 is 10.6 Å². The van der Waals surface area contributed by atoms with Crippen molar-refractivity contribution in [3.8, 4) is 0 Å². The van der Waals surface area contributed by atoms with Crippen LogP contribution in [0.15, 0.2) is 24.4 Å². The largest absolute Gasteiger partial charge is 0.325 e. The van der Waals surface area contributed by atoms with Crippen LogP contribution < -0.4 is 15.5 Å². The predicted molar refractivity (Wildman–Crippen MR) is 119 cm³/mol. The van der Waals surface area contributed by atoms with E-state index in [0.29, 0.717) is 16.3 Å². The molecule has 13 heteroatoms. The van der Waals surface area contributed by atoms with Crippen molar-refractivity contribution in [1.82, 2.24) is 14.3 Å². The lowest BCUT2D eigenvalue weighted by molar-refractivity contribution is -0.115. The second kappa shape index (κ2) is 9.14. The Hall–Kier alpha value is -2.93. The molecule has 0 radical (unpaired) electrons. The fourth-order valence-corrected chi connectivity index (χ4v) is 4.09. The number of rotatable bonds is 9. The van der Waals surface area contributed by atoms with Gasteiger partial charge in [0.2, 0.25) is 21.9 Å². The monoisotopic (exact) mass is 486 g/mol. The van der Waals surface area contributed by atoms with Crippen LogP contribution in [-0.4, -0.2) is 61.5 Å². The molecule has 0 saturated heterocycles. The first-order valence-corrected chi connectivity index (χ1v) is 11.8. The summed E-state index contributed by atoms with van der Waals surface area (Å²) in [7, 11) is -2.18. The molecule has 0 fully saturated rings. The Morgan fingerprint density at radius 1 is 1.27 bits per heavy atom. The minimum atomic E-state index is -3.52. The number of hydrogen-bond acceptors (Lipinski definition) is 7. The zero-order valence-electron chi connectivity index (χ0n) is 18.6. The van der Waals surface area contributed by atoms with Gasteiger partial charge in [-0.3, -0.25) is 9.69 Å². The molecule has 0 atom stereocenters. The Morgan fingerprint density at radius 3 is 2.61 bits per heavy atom. The Kier molecular flexibility index (Phi) is 6.84. The summed E-state index contributed by atoms with van der Waals surface area (Å²) in [4.78, 5) is 19.7. The molecule has 1 amide bonds. The van der Waals surface area contributed by atoms with E-state index in [1.54, 1.807) is 32.0 Å². The molecule has 1 aromatic heterocycles. The first kappa shape index (κ1) is 24.7. The minimum absolute atomic E-state index is 0.0618. The van der Waals surface area contributed by atoms with E-state index in [4.69, 9.17) is 0 Å². The third-order valence-corrected chi connectivity index (χ3v) is 6.30. The maximum absolute atomic E-state index is 14.5. The van der Waals surface area contributed by atoms with Crippen molar-refractivity contribution < 1.29 is 26.4 Å². The van der Waals surface area contributed by atoms with E-state index in [2.05, 4.69) is 20.6 Å². The number of benzene rings is 1. The average Bonchev–Trinajstić information content (AvgIpc) is 3.06. The minimum Gasteiger partial charge on any atom is -0.325 e. The van der Waals surface area contributed by atoms with E-state index in [0.717, 1.165) is 22.3 Å². The topological polar surface area (TPSA) is 108 Å². The summed E-state index contributed by atoms with van der Waals surface area (Å²) in [6.07, 6.45) is 2.06. The van der Waals surface area contributed by atoms with Gasteiger partial charge in [-0.15, -0.1) is 0 Å². The molecule has 3 rings (SSSR count). The van der Waals surface area contributed by atoms with Crippen molar-refractivity contribution >= 4 is 39.1 Å². The fraction of sp³-hybridized carbons (Fsp3) is 0.450. The smallest absolute Gasteiger partial charge is 0.316 e. The highest BCUT2D eigenvalue weighted by atomic mass is 32.2. The van der Waals surface area contributed by atoms with Gasteiger partial charge in [0.1, 0.15) is 0 Å². The van der Waals surface area contributed by atoms with Gasteiger partial charge in [0, 0.05) is 31.5 Å². The molecule has 1 aliphatic rings. The number of alkyl halides is 2. The number of halogens is 3. The van der Waals surface area contributed by atoms with Gasteiger partial charge in [0.05, 0.1) is 18.9 Å². The number of nitrogens with zero attached hydrogens (tertiary/aromatic N) is 4. The molecule has 0 aliphatic carbocycles. The maximum Gasteiger partial charge on any atom is 0.316 e. The number of aromatic nitrogens is 2. The predicted octanol–water partition coefficient (Wildman–Crippen LogP) is 2.80. The fourth-order valence-electron chi connectivity index (χ4n) is 3.51. The van der Waals surface area contributed by atoms with Crippen LogP contribution in [0.1, 0.15) is 19.4 Å². The summed E-state index contributed by atoms with van der Waals surface area (Å²) >= 11 is 0. The van der Waals surface area contributed by atoms with Gasteiger partial charge in [0.25, 0.3) is 0 Å². The Balaban J connectivity index is 1.84. The molecule has 2 heterocycles. The molecule has 2 N–H and O–H groups in total. The van der Waals surface area contributed by atoms with Crippen LogP contribution in [0.2, 0.25) is 0 Å². The van der Waals surface area contributed by atoms with Crippen molar-refractivity contribution in [3.63, 3.8) is 0 Å². The molecule has 9 nitrogen and oxygen atoms in total. The average molecular weight is 487 g/mol. The van der Waals surface area contributed by atoms with E-state index in [1.165, 1.54) is 7.05 Å². The van der Waals surface area contributed by atoms with Gasteiger partial charge in [-0.2, -0.15) is 13.8 Å². The van der Waals surface area contributed by atoms with Crippen LogP contribution in [-0.2, 0) is 21.2 Å². The third kappa shape index (κ3) is 6.11. The molecule has 0 saturated carbocycles. The molecule has 180 valence electrons. The Labute approximate surface area is 190 Å². The normalized spacial score (nSPS) is 13.9. The lowest BCUT2D eigenvalue weighted by Crippen LogP contribution is -2.45. The van der Waals surface area contributed by atoms with Crippen molar-refractivity contribution in [2.75, 3.05) is 41.9 Å². The maximum atomic E-state index is 14.5. The summed E-state index contributed by atoms with van der Waals surface area (Å²) < 4.78 is 66.8. The number of fused-ring (bicyclic) bond motifs is 1. The van der Waals surface area contributed by atoms with Gasteiger partial charge in [-0.05, 0) is 23.1 Å². The molecule has 0 bridgehead atoms. The van der Waals surface area contributed by atoms with Crippen LogP contribution >= 0.6 is 0 Å². The second-order valence-electron chi connectivity index (χ2n) is 8.68. The van der Waals surface area contributed by atoms with E-state index < -0.39 is 33.6 Å². The molecular formula is C20H25F3N6O3S. The van der Waals surface area contributed by atoms with E-state index in [-0.39, 0.29) is 31.4 Å². The molecule has 1 aromatic carbocycles. The molecule has 2 aromatic rings. The number of carbonyl (C=O) groups excluding carboxylic acids is 1. The van der Waals surface area contributed by atoms with Crippen LogP contribution in [0, 0.1) is 11.2 Å². The zero-order valence-corrected chi connectivity index (χ0v) is 19.4. The number of sulfonamides is 1. The van der Waals surface area contributed by atoms with E-state index >= 15 is 0 Å². The van der Waals surface area contributed by atoms with Crippen molar-refractivity contribution in [2.45, 2.75) is 26.8 Å². The van der Waals surface area contributed by atoms with Crippen LogP contribution in [0.25, 0.3) is 0 Å². The summed E-state index contributed by atoms with van der Waals surface area (Å²) in [5.74, 6) is -1.92. The number of anilines is 4. The van der Waals surface area contributed by atoms with Crippen LogP contribution in [0.3, 0.4) is 0 Å². The first-order chi connectivity index (χ1) is 15.2. The van der Waals surface area contributed by atoms with Crippen molar-refractivity contribution in [3.05, 3.63) is 35.8 Å². The van der Waals surface area contributed by atoms with Gasteiger partial charge in [-0.25, -0.2) is 22.1 Å². The second-order valence-corrected chi connectivity index (χ2v) is 10.8. The highest BCUT2D eigenvalue weighted by Crippen LogP contribution is 2.30. The number of nitrogens with one attached hydrogen (secondary N) is 2. The van der Waals surface area contributed by atoms with Gasteiger partial charge in [0.15, 0.2) is 11.6 Å². The molecule has 1 aliphatic heterocycles. The standard InChI is InChI=1S/C20H25F3N6O3S/c1-20(2,10-28(3)33(4,31)32)11-29(18(22)23)17-14(21)9-24-19(27-17)25-13-6-5-12-7-16(30)26-15(12)8-13/h5-6,8-9,18H,7,10-11H2,1-4H3,(H,26,30)(H,24,25,27). The summed E-state index contributed by atoms with van der Waals surface area (Å²) in [6, 6.07) is 5.04. The first-order valence-electron chi connectivity index (χ1n) is 9.94. The number of hydrogen-bond donors (Lipinski definition) is 2. The van der Waals surface area contributed by atoms with Gasteiger partial charge >= 0.3 is 6.55 Å². The molecule has 0 spiro atoms. The lowest BCUT2D eigenvalue weighted by atomic mass is 9.93. The zero-order chi connectivity index (χ0) is 24.6. The quantitative estimate of drug-likeness (QED) is 0.525. The molecule has 33 heavy (non-hydrogen) atoms. The van der Waals surface area contributed by atoms with E-state index in [9.17, 15) is 26.4 Å². The SMILES string of the molecule is CN(CC(C)(C)CN(c1nc(Nc2ccc3c(c2)NC(=O)C3)ncc1F)C(F)F)S(C)(=O)=O. The van der Waals surface area contributed by atoms with Crippen LogP contribution in [0.5, 0.6) is 0 Å². The summed E-state index contributed by atoms with van der Waals surface area (Å²) in [6.45, 7) is -0.334. The number of carbonyl (C=O) groups is 1. The lowest BCUT2D eigenvalue weighted by Gasteiger charge is -2.35. The summed E-state index contributed by atoms with van der Waals surface area (Å²) in [5.41, 5.74) is 0.944. The van der Waals surface area contributed by atoms with Crippen molar-refractivity contribution in [2.24, 2.45) is 5.41 Å². The third-order valence-electron chi connectivity index (χ3n) is 5.04.